The van der Waals surface area contributed by atoms with E-state index in [0.717, 1.165) is 17.4 Å². The Balaban J connectivity index is 1.61. The standard InChI is InChI=1S/C18H21N5O4/c1-13-19-17(23(25)26)12-22(13)8-6-18(24)20-15-3-4-16-14(11-15)5-7-21(16)9-10-27-2/h3-5,7,11-12H,6,8-10H2,1-2H3,(H,20,24). The van der Waals surface area contributed by atoms with Gasteiger partial charge in [-0.1, -0.05) is 0 Å². The van der Waals surface area contributed by atoms with Gasteiger partial charge in [-0.15, -0.1) is 0 Å². The lowest BCUT2D eigenvalue weighted by molar-refractivity contribution is -0.389. The van der Waals surface area contributed by atoms with E-state index in [1.165, 1.54) is 6.20 Å². The van der Waals surface area contributed by atoms with Crippen molar-refractivity contribution in [3.8, 4) is 0 Å². The Labute approximate surface area is 155 Å². The minimum Gasteiger partial charge on any atom is -0.383 e. The van der Waals surface area contributed by atoms with Gasteiger partial charge in [-0.3, -0.25) is 4.79 Å². The molecule has 0 aliphatic carbocycles. The molecule has 0 spiro atoms. The molecule has 0 saturated heterocycles. The van der Waals surface area contributed by atoms with Gasteiger partial charge in [0.2, 0.25) is 11.7 Å². The lowest BCUT2D eigenvalue weighted by Gasteiger charge is -2.08. The molecule has 0 unspecified atom stereocenters. The molecule has 3 rings (SSSR count). The summed E-state index contributed by atoms with van der Waals surface area (Å²) in [6, 6.07) is 7.74. The minimum atomic E-state index is -0.544. The largest absolute Gasteiger partial charge is 0.383 e. The zero-order valence-electron chi connectivity index (χ0n) is 15.2. The maximum atomic E-state index is 12.2. The molecular weight excluding hydrogens is 350 g/mol. The van der Waals surface area contributed by atoms with E-state index in [9.17, 15) is 14.9 Å². The molecule has 2 heterocycles. The highest BCUT2D eigenvalue weighted by molar-refractivity contribution is 5.93. The molecule has 9 heteroatoms. The molecule has 27 heavy (non-hydrogen) atoms. The van der Waals surface area contributed by atoms with Crippen molar-refractivity contribution in [1.29, 1.82) is 0 Å². The van der Waals surface area contributed by atoms with Crippen molar-refractivity contribution in [2.24, 2.45) is 0 Å². The second kappa shape index (κ2) is 8.00. The first-order chi connectivity index (χ1) is 13.0. The zero-order valence-corrected chi connectivity index (χ0v) is 15.2. The summed E-state index contributed by atoms with van der Waals surface area (Å²) < 4.78 is 8.81. The van der Waals surface area contributed by atoms with E-state index in [2.05, 4.69) is 14.9 Å². The van der Waals surface area contributed by atoms with Crippen LogP contribution >= 0.6 is 0 Å². The van der Waals surface area contributed by atoms with Crippen LogP contribution in [0.1, 0.15) is 12.2 Å². The fraction of sp³-hybridized carbons (Fsp3) is 0.333. The highest BCUT2D eigenvalue weighted by Crippen LogP contribution is 2.21. The number of nitrogens with one attached hydrogen (secondary N) is 1. The van der Waals surface area contributed by atoms with Crippen molar-refractivity contribution in [2.45, 2.75) is 26.4 Å². The summed E-state index contributed by atoms with van der Waals surface area (Å²) in [4.78, 5) is 26.3. The van der Waals surface area contributed by atoms with Gasteiger partial charge in [-0.05, 0) is 34.2 Å². The number of hydrogen-bond donors (Lipinski definition) is 1. The average Bonchev–Trinajstić information content (AvgIpc) is 3.21. The monoisotopic (exact) mass is 371 g/mol. The zero-order chi connectivity index (χ0) is 19.4. The predicted octanol–water partition coefficient (Wildman–Crippen LogP) is 2.73. The van der Waals surface area contributed by atoms with Crippen molar-refractivity contribution in [3.05, 3.63) is 52.6 Å². The number of benzene rings is 1. The van der Waals surface area contributed by atoms with E-state index in [0.29, 0.717) is 24.7 Å². The van der Waals surface area contributed by atoms with Crippen LogP contribution in [-0.2, 0) is 22.6 Å². The number of anilines is 1. The van der Waals surface area contributed by atoms with Crippen molar-refractivity contribution in [3.63, 3.8) is 0 Å². The molecule has 1 N–H and O–H groups in total. The maximum absolute atomic E-state index is 12.2. The maximum Gasteiger partial charge on any atom is 0.381 e. The van der Waals surface area contributed by atoms with Crippen LogP contribution in [0.5, 0.6) is 0 Å². The SMILES string of the molecule is COCCn1ccc2cc(NC(=O)CCn3cc([N+](=O)[O-])nc3C)ccc21. The summed E-state index contributed by atoms with van der Waals surface area (Å²) >= 11 is 0. The average molecular weight is 371 g/mol. The molecule has 142 valence electrons. The lowest BCUT2D eigenvalue weighted by atomic mass is 10.2. The van der Waals surface area contributed by atoms with Gasteiger partial charge in [0, 0.05) is 56.3 Å². The molecule has 3 aromatic rings. The molecule has 0 aliphatic rings. The predicted molar refractivity (Wildman–Crippen MR) is 101 cm³/mol. The molecule has 0 aliphatic heterocycles. The molecule has 9 nitrogen and oxygen atoms in total. The first-order valence-corrected chi connectivity index (χ1v) is 8.54. The highest BCUT2D eigenvalue weighted by atomic mass is 16.6. The summed E-state index contributed by atoms with van der Waals surface area (Å²) in [6.45, 7) is 3.40. The summed E-state index contributed by atoms with van der Waals surface area (Å²) in [5.74, 6) is 0.133. The van der Waals surface area contributed by atoms with Crippen LogP contribution < -0.4 is 5.32 Å². The number of fused-ring (bicyclic) bond motifs is 1. The number of rotatable bonds is 8. The van der Waals surface area contributed by atoms with E-state index < -0.39 is 4.92 Å². The summed E-state index contributed by atoms with van der Waals surface area (Å²) in [5, 5.41) is 14.7. The van der Waals surface area contributed by atoms with Gasteiger partial charge in [0.1, 0.15) is 6.20 Å². The van der Waals surface area contributed by atoms with E-state index in [-0.39, 0.29) is 18.1 Å². The van der Waals surface area contributed by atoms with Crippen LogP contribution in [0.4, 0.5) is 11.5 Å². The number of aromatic nitrogens is 3. The van der Waals surface area contributed by atoms with Crippen LogP contribution in [0.15, 0.2) is 36.7 Å². The normalized spacial score (nSPS) is 11.0. The Bertz CT molecular complexity index is 975. The summed E-state index contributed by atoms with van der Waals surface area (Å²) in [5.41, 5.74) is 1.79. The Morgan fingerprint density at radius 3 is 2.81 bits per heavy atom. The second-order valence-electron chi connectivity index (χ2n) is 6.17. The molecule has 0 saturated carbocycles. The lowest BCUT2D eigenvalue weighted by Crippen LogP contribution is -2.14. The number of amides is 1. The Morgan fingerprint density at radius 1 is 1.30 bits per heavy atom. The molecule has 1 aromatic carbocycles. The smallest absolute Gasteiger partial charge is 0.381 e. The topological polar surface area (TPSA) is 104 Å². The van der Waals surface area contributed by atoms with Gasteiger partial charge in [0.25, 0.3) is 0 Å². The second-order valence-corrected chi connectivity index (χ2v) is 6.17. The Hall–Kier alpha value is -3.20. The third-order valence-electron chi connectivity index (χ3n) is 4.32. The number of aryl methyl sites for hydroxylation is 2. The van der Waals surface area contributed by atoms with Crippen molar-refractivity contribution in [2.75, 3.05) is 19.0 Å². The molecular formula is C18H21N5O4. The van der Waals surface area contributed by atoms with Crippen LogP contribution in [0.2, 0.25) is 0 Å². The number of ether oxygens (including phenoxy) is 1. The summed E-state index contributed by atoms with van der Waals surface area (Å²) in [6.07, 6.45) is 3.53. The molecule has 1 amide bonds. The molecule has 0 fully saturated rings. The van der Waals surface area contributed by atoms with E-state index in [4.69, 9.17) is 4.74 Å². The van der Waals surface area contributed by atoms with E-state index >= 15 is 0 Å². The number of nitro groups is 1. The number of methoxy groups -OCH3 is 1. The van der Waals surface area contributed by atoms with Gasteiger partial charge in [-0.25, -0.2) is 0 Å². The molecule has 0 atom stereocenters. The third-order valence-corrected chi connectivity index (χ3v) is 4.32. The minimum absolute atomic E-state index is 0.163. The number of imidazole rings is 1. The van der Waals surface area contributed by atoms with Crippen LogP contribution in [0, 0.1) is 17.0 Å². The number of hydrogen-bond acceptors (Lipinski definition) is 5. The quantitative estimate of drug-likeness (QED) is 0.484. The first-order valence-electron chi connectivity index (χ1n) is 8.54. The number of carbonyl (C=O) groups is 1. The third kappa shape index (κ3) is 4.32. The van der Waals surface area contributed by atoms with Gasteiger partial charge < -0.3 is 29.3 Å². The van der Waals surface area contributed by atoms with Crippen molar-refractivity contribution < 1.29 is 14.5 Å². The highest BCUT2D eigenvalue weighted by Gasteiger charge is 2.15. The summed E-state index contributed by atoms with van der Waals surface area (Å²) in [7, 11) is 1.67. The van der Waals surface area contributed by atoms with Crippen LogP contribution in [0.3, 0.4) is 0 Å². The Morgan fingerprint density at radius 2 is 2.11 bits per heavy atom. The number of carbonyl (C=O) groups excluding carboxylic acids is 1. The fourth-order valence-corrected chi connectivity index (χ4v) is 2.91. The van der Waals surface area contributed by atoms with E-state index in [1.54, 1.807) is 18.6 Å². The first kappa shape index (κ1) is 18.6. The Kier molecular flexibility index (Phi) is 5.51. The van der Waals surface area contributed by atoms with Gasteiger partial charge >= 0.3 is 5.82 Å². The molecule has 2 aromatic heterocycles. The molecule has 0 bridgehead atoms. The van der Waals surface area contributed by atoms with Crippen LogP contribution in [0.25, 0.3) is 10.9 Å². The van der Waals surface area contributed by atoms with Gasteiger partial charge in [0.05, 0.1) is 6.61 Å². The van der Waals surface area contributed by atoms with Gasteiger partial charge in [-0.2, -0.15) is 0 Å². The van der Waals surface area contributed by atoms with Crippen molar-refractivity contribution >= 4 is 28.3 Å². The fourth-order valence-electron chi connectivity index (χ4n) is 2.91. The van der Waals surface area contributed by atoms with Gasteiger partial charge in [0.15, 0.2) is 0 Å². The van der Waals surface area contributed by atoms with E-state index in [1.807, 2.05) is 30.5 Å². The van der Waals surface area contributed by atoms with Crippen molar-refractivity contribution in [1.82, 2.24) is 14.1 Å². The molecule has 0 radical (unpaired) electrons. The van der Waals surface area contributed by atoms with Crippen LogP contribution in [-0.4, -0.2) is 38.7 Å². The number of nitrogens with zero attached hydrogens (tertiary/aromatic N) is 4.